The monoisotopic (exact) mass is 423 g/mol. The molecular formula is C19H25N3O4S2. The zero-order valence-corrected chi connectivity index (χ0v) is 17.6. The van der Waals surface area contributed by atoms with E-state index in [9.17, 15) is 16.8 Å². The van der Waals surface area contributed by atoms with Crippen molar-refractivity contribution in [3.8, 4) is 0 Å². The first-order valence-electron chi connectivity index (χ1n) is 9.07. The molecule has 1 heterocycles. The highest BCUT2D eigenvalue weighted by Crippen LogP contribution is 2.25. The van der Waals surface area contributed by atoms with Gasteiger partial charge in [0, 0.05) is 39.4 Å². The number of nitrogens with one attached hydrogen (secondary N) is 1. The number of sulfonamides is 2. The van der Waals surface area contributed by atoms with Crippen LogP contribution in [0, 0.1) is 0 Å². The summed E-state index contributed by atoms with van der Waals surface area (Å²) in [4.78, 5) is 2.35. The number of anilines is 1. The molecule has 152 valence electrons. The molecule has 0 radical (unpaired) electrons. The molecule has 0 aromatic heterocycles. The number of rotatable bonds is 7. The van der Waals surface area contributed by atoms with Gasteiger partial charge in [-0.3, -0.25) is 0 Å². The second kappa shape index (κ2) is 8.20. The van der Waals surface area contributed by atoms with Gasteiger partial charge in [0.05, 0.1) is 9.79 Å². The molecule has 0 unspecified atom stereocenters. The minimum Gasteiger partial charge on any atom is -0.371 e. The Balaban J connectivity index is 1.76. The highest BCUT2D eigenvalue weighted by Gasteiger charge is 2.21. The van der Waals surface area contributed by atoms with Crippen LogP contribution in [0.1, 0.15) is 18.4 Å². The van der Waals surface area contributed by atoms with E-state index in [1.54, 1.807) is 0 Å². The fourth-order valence-corrected chi connectivity index (χ4v) is 5.09. The van der Waals surface area contributed by atoms with Crippen LogP contribution >= 0.6 is 0 Å². The molecule has 2 aromatic carbocycles. The lowest BCUT2D eigenvalue weighted by molar-refractivity contribution is 0.520. The third-order valence-corrected chi connectivity index (χ3v) is 8.05. The van der Waals surface area contributed by atoms with E-state index in [1.807, 2.05) is 24.3 Å². The highest BCUT2D eigenvalue weighted by molar-refractivity contribution is 7.89. The van der Waals surface area contributed by atoms with Gasteiger partial charge in [-0.05, 0) is 48.7 Å². The summed E-state index contributed by atoms with van der Waals surface area (Å²) in [6.45, 7) is 2.13. The first-order chi connectivity index (χ1) is 13.2. The number of hydrogen-bond acceptors (Lipinski definition) is 5. The normalized spacial score (nSPS) is 15.3. The minimum atomic E-state index is -3.76. The molecule has 0 aliphatic carbocycles. The first kappa shape index (κ1) is 20.8. The maximum atomic E-state index is 12.6. The van der Waals surface area contributed by atoms with Crippen molar-refractivity contribution in [1.29, 1.82) is 0 Å². The summed E-state index contributed by atoms with van der Waals surface area (Å²) < 4.78 is 53.3. The molecule has 1 saturated heterocycles. The van der Waals surface area contributed by atoms with Gasteiger partial charge in [0.15, 0.2) is 0 Å². The van der Waals surface area contributed by atoms with Crippen LogP contribution in [0.25, 0.3) is 0 Å². The zero-order chi connectivity index (χ0) is 20.4. The number of benzene rings is 2. The van der Waals surface area contributed by atoms with Crippen molar-refractivity contribution in [2.75, 3.05) is 32.1 Å². The zero-order valence-electron chi connectivity index (χ0n) is 16.0. The Kier molecular flexibility index (Phi) is 6.09. The largest absolute Gasteiger partial charge is 0.371 e. The summed E-state index contributed by atoms with van der Waals surface area (Å²) in [7, 11) is -4.50. The summed E-state index contributed by atoms with van der Waals surface area (Å²) in [5, 5.41) is 0. The number of para-hydroxylation sites is 1. The van der Waals surface area contributed by atoms with Crippen LogP contribution in [0.2, 0.25) is 0 Å². The van der Waals surface area contributed by atoms with Crippen molar-refractivity contribution in [2.24, 2.45) is 0 Å². The lowest BCUT2D eigenvalue weighted by Crippen LogP contribution is -2.26. The van der Waals surface area contributed by atoms with Gasteiger partial charge in [-0.25, -0.2) is 25.9 Å². The van der Waals surface area contributed by atoms with Crippen molar-refractivity contribution in [3.63, 3.8) is 0 Å². The van der Waals surface area contributed by atoms with Crippen LogP contribution in [0.15, 0.2) is 58.3 Å². The van der Waals surface area contributed by atoms with Crippen molar-refractivity contribution in [3.05, 3.63) is 54.1 Å². The topological polar surface area (TPSA) is 86.8 Å². The number of nitrogens with zero attached hydrogens (tertiary/aromatic N) is 2. The average Bonchev–Trinajstić information content (AvgIpc) is 3.21. The van der Waals surface area contributed by atoms with E-state index in [0.717, 1.165) is 41.5 Å². The standard InChI is InChI=1S/C19H25N3O4S2/c1-21(2)28(25,26)18-11-9-17(10-12-18)27(23,24)20-15-16-7-3-4-8-19(16)22-13-5-6-14-22/h3-4,7-12,20H,5-6,13-15H2,1-2H3. The summed E-state index contributed by atoms with van der Waals surface area (Å²) in [5.41, 5.74) is 1.97. The van der Waals surface area contributed by atoms with Crippen LogP contribution in [-0.2, 0) is 26.6 Å². The van der Waals surface area contributed by atoms with Crippen LogP contribution in [0.4, 0.5) is 5.69 Å². The highest BCUT2D eigenvalue weighted by atomic mass is 32.2. The van der Waals surface area contributed by atoms with E-state index in [4.69, 9.17) is 0 Å². The van der Waals surface area contributed by atoms with Crippen LogP contribution < -0.4 is 9.62 Å². The van der Waals surface area contributed by atoms with Gasteiger partial charge in [-0.2, -0.15) is 0 Å². The van der Waals surface area contributed by atoms with Gasteiger partial charge in [0.25, 0.3) is 0 Å². The third-order valence-electron chi connectivity index (χ3n) is 4.80. The predicted molar refractivity (Wildman–Crippen MR) is 109 cm³/mol. The Bertz CT molecular complexity index is 1030. The quantitative estimate of drug-likeness (QED) is 0.736. The SMILES string of the molecule is CN(C)S(=O)(=O)c1ccc(S(=O)(=O)NCc2ccccc2N2CCCC2)cc1. The molecule has 3 rings (SSSR count). The molecule has 1 fully saturated rings. The Hall–Kier alpha value is -1.94. The van der Waals surface area contributed by atoms with Gasteiger partial charge < -0.3 is 4.90 Å². The second-order valence-corrected chi connectivity index (χ2v) is 10.8. The van der Waals surface area contributed by atoms with E-state index < -0.39 is 20.0 Å². The van der Waals surface area contributed by atoms with Gasteiger partial charge in [0.1, 0.15) is 0 Å². The van der Waals surface area contributed by atoms with E-state index in [2.05, 4.69) is 9.62 Å². The van der Waals surface area contributed by atoms with Gasteiger partial charge in [-0.15, -0.1) is 0 Å². The summed E-state index contributed by atoms with van der Waals surface area (Å²) >= 11 is 0. The Morgan fingerprint density at radius 3 is 2.07 bits per heavy atom. The molecule has 0 spiro atoms. The Morgan fingerprint density at radius 2 is 1.46 bits per heavy atom. The van der Waals surface area contributed by atoms with Crippen molar-refractivity contribution in [2.45, 2.75) is 29.2 Å². The summed E-state index contributed by atoms with van der Waals surface area (Å²) in [6, 6.07) is 13.0. The maximum Gasteiger partial charge on any atom is 0.242 e. The van der Waals surface area contributed by atoms with E-state index in [-0.39, 0.29) is 16.3 Å². The van der Waals surface area contributed by atoms with E-state index in [1.165, 1.54) is 38.4 Å². The molecular weight excluding hydrogens is 398 g/mol. The smallest absolute Gasteiger partial charge is 0.242 e. The molecule has 0 saturated carbocycles. The van der Waals surface area contributed by atoms with Crippen LogP contribution in [-0.4, -0.2) is 48.3 Å². The fourth-order valence-electron chi connectivity index (χ4n) is 3.18. The molecule has 28 heavy (non-hydrogen) atoms. The van der Waals surface area contributed by atoms with Gasteiger partial charge >= 0.3 is 0 Å². The molecule has 1 aliphatic rings. The van der Waals surface area contributed by atoms with Crippen molar-refractivity contribution >= 4 is 25.7 Å². The van der Waals surface area contributed by atoms with Crippen molar-refractivity contribution in [1.82, 2.24) is 9.03 Å². The second-order valence-electron chi connectivity index (χ2n) is 6.91. The molecule has 0 amide bonds. The maximum absolute atomic E-state index is 12.6. The summed E-state index contributed by atoms with van der Waals surface area (Å²) in [6.07, 6.45) is 2.28. The molecule has 1 N–H and O–H groups in total. The van der Waals surface area contributed by atoms with Crippen LogP contribution in [0.5, 0.6) is 0 Å². The molecule has 7 nitrogen and oxygen atoms in total. The number of hydrogen-bond donors (Lipinski definition) is 1. The van der Waals surface area contributed by atoms with E-state index >= 15 is 0 Å². The Morgan fingerprint density at radius 1 is 0.893 bits per heavy atom. The summed E-state index contributed by atoms with van der Waals surface area (Å²) in [5.74, 6) is 0. The predicted octanol–water partition coefficient (Wildman–Crippen LogP) is 2.02. The van der Waals surface area contributed by atoms with Crippen LogP contribution in [0.3, 0.4) is 0 Å². The Labute approximate surface area is 167 Å². The molecule has 2 aromatic rings. The first-order valence-corrected chi connectivity index (χ1v) is 12.0. The molecule has 9 heteroatoms. The fraction of sp³-hybridized carbons (Fsp3) is 0.368. The molecule has 0 atom stereocenters. The van der Waals surface area contributed by atoms with Gasteiger partial charge in [0.2, 0.25) is 20.0 Å². The molecule has 0 bridgehead atoms. The van der Waals surface area contributed by atoms with Gasteiger partial charge in [-0.1, -0.05) is 18.2 Å². The lowest BCUT2D eigenvalue weighted by atomic mass is 10.1. The third kappa shape index (κ3) is 4.38. The van der Waals surface area contributed by atoms with Crippen molar-refractivity contribution < 1.29 is 16.8 Å². The minimum absolute atomic E-state index is 0.0314. The molecule has 1 aliphatic heterocycles. The van der Waals surface area contributed by atoms with E-state index in [0.29, 0.717) is 0 Å². The lowest BCUT2D eigenvalue weighted by Gasteiger charge is -2.21. The average molecular weight is 424 g/mol.